The van der Waals surface area contributed by atoms with Gasteiger partial charge in [-0.25, -0.2) is 0 Å². The molecule has 0 saturated carbocycles. The van der Waals surface area contributed by atoms with Crippen molar-refractivity contribution in [1.29, 1.82) is 0 Å². The van der Waals surface area contributed by atoms with Crippen molar-refractivity contribution in [3.63, 3.8) is 0 Å². The zero-order valence-corrected chi connectivity index (χ0v) is 12.4. The second-order valence-electron chi connectivity index (χ2n) is 5.51. The van der Waals surface area contributed by atoms with E-state index in [1.807, 2.05) is 0 Å². The molecule has 0 bridgehead atoms. The van der Waals surface area contributed by atoms with Crippen LogP contribution in [0.2, 0.25) is 0 Å². The molecule has 0 spiro atoms. The normalized spacial score (nSPS) is 21.8. The van der Waals surface area contributed by atoms with Crippen molar-refractivity contribution in [3.05, 3.63) is 35.9 Å². The molecule has 0 aromatic heterocycles. The summed E-state index contributed by atoms with van der Waals surface area (Å²) >= 11 is 0. The summed E-state index contributed by atoms with van der Waals surface area (Å²) in [5.74, 6) is 5.74. The summed E-state index contributed by atoms with van der Waals surface area (Å²) in [6, 6.07) is 10.8. The highest BCUT2D eigenvalue weighted by Crippen LogP contribution is 2.14. The van der Waals surface area contributed by atoms with Gasteiger partial charge in [-0.05, 0) is 31.4 Å². The van der Waals surface area contributed by atoms with Crippen molar-refractivity contribution >= 4 is 0 Å². The molecule has 1 heterocycles. The fraction of sp³-hybridized carbons (Fsp3) is 0.625. The summed E-state index contributed by atoms with van der Waals surface area (Å²) < 4.78 is 5.91. The number of benzene rings is 1. The van der Waals surface area contributed by atoms with Gasteiger partial charge in [0.25, 0.3) is 0 Å². The van der Waals surface area contributed by atoms with Crippen LogP contribution in [-0.2, 0) is 11.2 Å². The summed E-state index contributed by atoms with van der Waals surface area (Å²) in [7, 11) is 0. The molecule has 1 aromatic rings. The molecular formula is C16H27N3O. The highest BCUT2D eigenvalue weighted by molar-refractivity contribution is 5.14. The first kappa shape index (κ1) is 15.4. The van der Waals surface area contributed by atoms with Gasteiger partial charge < -0.3 is 4.74 Å². The number of hydrogen-bond acceptors (Lipinski definition) is 4. The van der Waals surface area contributed by atoms with Crippen molar-refractivity contribution in [2.45, 2.75) is 38.3 Å². The Bertz CT molecular complexity index is 369. The van der Waals surface area contributed by atoms with E-state index in [2.05, 4.69) is 47.6 Å². The van der Waals surface area contributed by atoms with E-state index >= 15 is 0 Å². The average molecular weight is 277 g/mol. The van der Waals surface area contributed by atoms with Crippen LogP contribution < -0.4 is 11.3 Å². The molecule has 1 aliphatic heterocycles. The lowest BCUT2D eigenvalue weighted by atomic mass is 10.0. The zero-order valence-electron chi connectivity index (χ0n) is 12.4. The Morgan fingerprint density at radius 2 is 2.20 bits per heavy atom. The SMILES string of the molecule is CCCN1CCOC(C(CCc2ccccc2)NN)C1. The molecule has 0 radical (unpaired) electrons. The average Bonchev–Trinajstić information content (AvgIpc) is 2.50. The molecule has 4 nitrogen and oxygen atoms in total. The summed E-state index contributed by atoms with van der Waals surface area (Å²) in [5, 5.41) is 0. The van der Waals surface area contributed by atoms with Crippen molar-refractivity contribution in [2.75, 3.05) is 26.2 Å². The number of nitrogens with two attached hydrogens (primary N) is 1. The van der Waals surface area contributed by atoms with E-state index in [0.29, 0.717) is 0 Å². The number of aryl methyl sites for hydroxylation is 1. The molecule has 2 unspecified atom stereocenters. The smallest absolute Gasteiger partial charge is 0.0868 e. The molecule has 112 valence electrons. The maximum Gasteiger partial charge on any atom is 0.0868 e. The second kappa shape index (κ2) is 8.37. The monoisotopic (exact) mass is 277 g/mol. The van der Waals surface area contributed by atoms with Gasteiger partial charge >= 0.3 is 0 Å². The van der Waals surface area contributed by atoms with Crippen LogP contribution in [0.15, 0.2) is 30.3 Å². The van der Waals surface area contributed by atoms with Crippen molar-refractivity contribution in [3.8, 4) is 0 Å². The lowest BCUT2D eigenvalue weighted by molar-refractivity contribution is -0.0475. The van der Waals surface area contributed by atoms with E-state index in [-0.39, 0.29) is 12.1 Å². The van der Waals surface area contributed by atoms with Crippen LogP contribution in [0.1, 0.15) is 25.3 Å². The first-order valence-electron chi connectivity index (χ1n) is 7.67. The Morgan fingerprint density at radius 3 is 2.90 bits per heavy atom. The standard InChI is InChI=1S/C16H27N3O/c1-2-10-19-11-12-20-16(13-19)15(18-17)9-8-14-6-4-3-5-7-14/h3-7,15-16,18H,2,8-13,17H2,1H3. The molecular weight excluding hydrogens is 250 g/mol. The minimum atomic E-state index is 0.198. The number of nitrogens with zero attached hydrogens (tertiary/aromatic N) is 1. The van der Waals surface area contributed by atoms with Gasteiger partial charge in [-0.15, -0.1) is 0 Å². The fourth-order valence-corrected chi connectivity index (χ4v) is 2.84. The van der Waals surface area contributed by atoms with Crippen LogP contribution in [0.4, 0.5) is 0 Å². The van der Waals surface area contributed by atoms with E-state index in [0.717, 1.165) is 39.1 Å². The number of hydrazine groups is 1. The molecule has 0 amide bonds. The predicted octanol–water partition coefficient (Wildman–Crippen LogP) is 1.56. The predicted molar refractivity (Wildman–Crippen MR) is 82.3 cm³/mol. The molecule has 4 heteroatoms. The number of nitrogens with one attached hydrogen (secondary N) is 1. The van der Waals surface area contributed by atoms with Gasteiger partial charge in [0.2, 0.25) is 0 Å². The van der Waals surface area contributed by atoms with Crippen molar-refractivity contribution in [1.82, 2.24) is 10.3 Å². The molecule has 1 saturated heterocycles. The maximum absolute atomic E-state index is 5.91. The number of rotatable bonds is 7. The molecule has 20 heavy (non-hydrogen) atoms. The van der Waals surface area contributed by atoms with Gasteiger partial charge in [-0.1, -0.05) is 37.3 Å². The van der Waals surface area contributed by atoms with Gasteiger partial charge in [0.15, 0.2) is 0 Å². The Hall–Kier alpha value is -0.940. The molecule has 2 rings (SSSR count). The van der Waals surface area contributed by atoms with Crippen LogP contribution in [-0.4, -0.2) is 43.3 Å². The van der Waals surface area contributed by atoms with E-state index in [9.17, 15) is 0 Å². The van der Waals surface area contributed by atoms with Crippen LogP contribution in [0, 0.1) is 0 Å². The van der Waals surface area contributed by atoms with E-state index in [1.165, 1.54) is 12.0 Å². The van der Waals surface area contributed by atoms with Crippen LogP contribution in [0.25, 0.3) is 0 Å². The third kappa shape index (κ3) is 4.56. The summed E-state index contributed by atoms with van der Waals surface area (Å²) in [5.41, 5.74) is 4.31. The lowest BCUT2D eigenvalue weighted by Crippen LogP contribution is -2.54. The van der Waals surface area contributed by atoms with Crippen LogP contribution >= 0.6 is 0 Å². The highest BCUT2D eigenvalue weighted by atomic mass is 16.5. The molecule has 0 aliphatic carbocycles. The molecule has 1 aromatic carbocycles. The van der Waals surface area contributed by atoms with Crippen molar-refractivity contribution < 1.29 is 4.74 Å². The molecule has 1 aliphatic rings. The number of hydrogen-bond donors (Lipinski definition) is 2. The molecule has 3 N–H and O–H groups in total. The third-order valence-corrected chi connectivity index (χ3v) is 3.97. The van der Waals surface area contributed by atoms with Crippen LogP contribution in [0.5, 0.6) is 0 Å². The molecule has 1 fully saturated rings. The lowest BCUT2D eigenvalue weighted by Gasteiger charge is -2.36. The number of ether oxygens (including phenoxy) is 1. The van der Waals surface area contributed by atoms with E-state index < -0.39 is 0 Å². The Balaban J connectivity index is 1.84. The zero-order chi connectivity index (χ0) is 14.2. The molecule has 2 atom stereocenters. The summed E-state index contributed by atoms with van der Waals surface area (Å²) in [6.45, 7) is 6.21. The number of morpholine rings is 1. The maximum atomic E-state index is 5.91. The van der Waals surface area contributed by atoms with Gasteiger partial charge in [0, 0.05) is 19.1 Å². The van der Waals surface area contributed by atoms with Gasteiger partial charge in [-0.2, -0.15) is 0 Å². The fourth-order valence-electron chi connectivity index (χ4n) is 2.84. The van der Waals surface area contributed by atoms with E-state index in [4.69, 9.17) is 10.6 Å². The third-order valence-electron chi connectivity index (χ3n) is 3.97. The Kier molecular flexibility index (Phi) is 6.47. The van der Waals surface area contributed by atoms with E-state index in [1.54, 1.807) is 0 Å². The first-order valence-corrected chi connectivity index (χ1v) is 7.67. The minimum Gasteiger partial charge on any atom is -0.374 e. The summed E-state index contributed by atoms with van der Waals surface area (Å²) in [6.07, 6.45) is 3.43. The first-order chi connectivity index (χ1) is 9.83. The van der Waals surface area contributed by atoms with Crippen LogP contribution in [0.3, 0.4) is 0 Å². The van der Waals surface area contributed by atoms with Gasteiger partial charge in [0.05, 0.1) is 12.7 Å². The quantitative estimate of drug-likeness (QED) is 0.587. The minimum absolute atomic E-state index is 0.198. The van der Waals surface area contributed by atoms with Crippen molar-refractivity contribution in [2.24, 2.45) is 5.84 Å². The topological polar surface area (TPSA) is 50.5 Å². The van der Waals surface area contributed by atoms with Gasteiger partial charge in [0.1, 0.15) is 0 Å². The Labute approximate surface area is 122 Å². The Morgan fingerprint density at radius 1 is 1.40 bits per heavy atom. The second-order valence-corrected chi connectivity index (χ2v) is 5.51. The highest BCUT2D eigenvalue weighted by Gasteiger charge is 2.26. The van der Waals surface area contributed by atoms with Gasteiger partial charge in [-0.3, -0.25) is 16.2 Å². The summed E-state index contributed by atoms with van der Waals surface area (Å²) in [4.78, 5) is 2.47. The largest absolute Gasteiger partial charge is 0.374 e.